The zero-order valence-electron chi connectivity index (χ0n) is 11.2. The van der Waals surface area contributed by atoms with Gasteiger partial charge in [0.05, 0.1) is 6.61 Å². The summed E-state index contributed by atoms with van der Waals surface area (Å²) in [5.74, 6) is -0.108. The highest BCUT2D eigenvalue weighted by atomic mass is 16.5. The molecule has 1 atom stereocenters. The van der Waals surface area contributed by atoms with E-state index in [-0.39, 0.29) is 11.5 Å². The second kappa shape index (κ2) is 5.53. The minimum absolute atomic E-state index is 0.108. The second-order valence-corrected chi connectivity index (χ2v) is 4.97. The summed E-state index contributed by atoms with van der Waals surface area (Å²) in [5, 5.41) is 3.54. The lowest BCUT2D eigenvalue weighted by atomic mass is 9.81. The van der Waals surface area contributed by atoms with Gasteiger partial charge in [0.1, 0.15) is 0 Å². The van der Waals surface area contributed by atoms with Gasteiger partial charge >= 0.3 is 5.97 Å². The molecule has 1 heterocycles. The first-order valence-corrected chi connectivity index (χ1v) is 6.65. The molecule has 1 aromatic carbocycles. The van der Waals surface area contributed by atoms with Gasteiger partial charge < -0.3 is 10.1 Å². The van der Waals surface area contributed by atoms with Crippen LogP contribution < -0.4 is 5.32 Å². The molecule has 0 amide bonds. The number of hydrogen-bond acceptors (Lipinski definition) is 3. The van der Waals surface area contributed by atoms with Gasteiger partial charge in [-0.25, -0.2) is 0 Å². The topological polar surface area (TPSA) is 38.3 Å². The SMILES string of the molecule is CCOC(=O)CCC1(C)NCCc2ccccc21. The van der Waals surface area contributed by atoms with Gasteiger partial charge in [-0.1, -0.05) is 24.3 Å². The molecule has 1 aliphatic heterocycles. The van der Waals surface area contributed by atoms with Crippen LogP contribution in [0.3, 0.4) is 0 Å². The first-order valence-electron chi connectivity index (χ1n) is 6.65. The monoisotopic (exact) mass is 247 g/mol. The van der Waals surface area contributed by atoms with Crippen molar-refractivity contribution in [2.24, 2.45) is 0 Å². The molecule has 0 bridgehead atoms. The van der Waals surface area contributed by atoms with Crippen molar-refractivity contribution in [3.63, 3.8) is 0 Å². The van der Waals surface area contributed by atoms with E-state index in [4.69, 9.17) is 4.74 Å². The maximum atomic E-state index is 11.5. The van der Waals surface area contributed by atoms with Gasteiger partial charge in [-0.15, -0.1) is 0 Å². The third-order valence-electron chi connectivity index (χ3n) is 3.66. The van der Waals surface area contributed by atoms with Crippen molar-refractivity contribution in [1.29, 1.82) is 0 Å². The zero-order chi connectivity index (χ0) is 13.0. The molecular formula is C15H21NO2. The molecule has 18 heavy (non-hydrogen) atoms. The van der Waals surface area contributed by atoms with E-state index in [1.807, 2.05) is 6.92 Å². The first kappa shape index (κ1) is 13.1. The summed E-state index contributed by atoms with van der Waals surface area (Å²) in [7, 11) is 0. The van der Waals surface area contributed by atoms with E-state index in [9.17, 15) is 4.79 Å². The molecule has 0 spiro atoms. The molecule has 98 valence electrons. The Morgan fingerprint density at radius 1 is 1.44 bits per heavy atom. The lowest BCUT2D eigenvalue weighted by Crippen LogP contribution is -2.45. The Balaban J connectivity index is 2.10. The van der Waals surface area contributed by atoms with Gasteiger partial charge in [-0.2, -0.15) is 0 Å². The van der Waals surface area contributed by atoms with Crippen molar-refractivity contribution in [3.8, 4) is 0 Å². The molecule has 1 N–H and O–H groups in total. The van der Waals surface area contributed by atoms with E-state index in [1.165, 1.54) is 11.1 Å². The molecule has 0 radical (unpaired) electrons. The first-order chi connectivity index (χ1) is 8.65. The Bertz CT molecular complexity index is 430. The molecule has 1 aromatic rings. The smallest absolute Gasteiger partial charge is 0.305 e. The fraction of sp³-hybridized carbons (Fsp3) is 0.533. The van der Waals surface area contributed by atoms with Gasteiger partial charge in [-0.05, 0) is 44.4 Å². The maximum Gasteiger partial charge on any atom is 0.305 e. The fourth-order valence-electron chi connectivity index (χ4n) is 2.65. The van der Waals surface area contributed by atoms with E-state index in [0.717, 1.165) is 19.4 Å². The zero-order valence-corrected chi connectivity index (χ0v) is 11.2. The summed E-state index contributed by atoms with van der Waals surface area (Å²) >= 11 is 0. The third kappa shape index (κ3) is 2.72. The summed E-state index contributed by atoms with van der Waals surface area (Å²) in [6.45, 7) is 5.44. The van der Waals surface area contributed by atoms with Crippen LogP contribution >= 0.6 is 0 Å². The average molecular weight is 247 g/mol. The standard InChI is InChI=1S/C15H21NO2/c1-3-18-14(17)8-10-15(2)13-7-5-4-6-12(13)9-11-16-15/h4-7,16H,3,8-11H2,1-2H3. The summed E-state index contributed by atoms with van der Waals surface area (Å²) in [6, 6.07) is 8.48. The molecule has 0 saturated heterocycles. The number of ether oxygens (including phenoxy) is 1. The van der Waals surface area contributed by atoms with Gasteiger partial charge in [0.2, 0.25) is 0 Å². The van der Waals surface area contributed by atoms with E-state index < -0.39 is 0 Å². The fourth-order valence-corrected chi connectivity index (χ4v) is 2.65. The quantitative estimate of drug-likeness (QED) is 0.830. The van der Waals surface area contributed by atoms with Crippen molar-refractivity contribution < 1.29 is 9.53 Å². The van der Waals surface area contributed by atoms with E-state index >= 15 is 0 Å². The Labute approximate surface area is 109 Å². The Morgan fingerprint density at radius 2 is 2.22 bits per heavy atom. The van der Waals surface area contributed by atoms with Crippen LogP contribution in [0.25, 0.3) is 0 Å². The molecular weight excluding hydrogens is 226 g/mol. The lowest BCUT2D eigenvalue weighted by molar-refractivity contribution is -0.143. The van der Waals surface area contributed by atoms with Gasteiger partial charge in [-0.3, -0.25) is 4.79 Å². The number of esters is 1. The minimum atomic E-state index is -0.110. The highest BCUT2D eigenvalue weighted by Crippen LogP contribution is 2.32. The molecule has 0 saturated carbocycles. The predicted molar refractivity (Wildman–Crippen MR) is 71.4 cm³/mol. The maximum absolute atomic E-state index is 11.5. The van der Waals surface area contributed by atoms with Crippen molar-refractivity contribution in [1.82, 2.24) is 5.32 Å². The van der Waals surface area contributed by atoms with Crippen LogP contribution in [-0.2, 0) is 21.5 Å². The van der Waals surface area contributed by atoms with Crippen LogP contribution in [0.5, 0.6) is 0 Å². The molecule has 1 unspecified atom stereocenters. The highest BCUT2D eigenvalue weighted by Gasteiger charge is 2.31. The number of nitrogens with one attached hydrogen (secondary N) is 1. The summed E-state index contributed by atoms with van der Waals surface area (Å²) in [5.41, 5.74) is 2.60. The van der Waals surface area contributed by atoms with Crippen LogP contribution in [0.4, 0.5) is 0 Å². The van der Waals surface area contributed by atoms with Crippen LogP contribution in [0, 0.1) is 0 Å². The lowest BCUT2D eigenvalue weighted by Gasteiger charge is -2.37. The summed E-state index contributed by atoms with van der Waals surface area (Å²) < 4.78 is 5.00. The van der Waals surface area contributed by atoms with Gasteiger partial charge in [0.15, 0.2) is 0 Å². The second-order valence-electron chi connectivity index (χ2n) is 4.97. The highest BCUT2D eigenvalue weighted by molar-refractivity contribution is 5.69. The Morgan fingerprint density at radius 3 is 3.00 bits per heavy atom. The van der Waals surface area contributed by atoms with Crippen molar-refractivity contribution in [2.75, 3.05) is 13.2 Å². The van der Waals surface area contributed by atoms with Crippen LogP contribution in [-0.4, -0.2) is 19.1 Å². The van der Waals surface area contributed by atoms with Gasteiger partial charge in [0, 0.05) is 12.0 Å². The number of fused-ring (bicyclic) bond motifs is 1. The third-order valence-corrected chi connectivity index (χ3v) is 3.66. The number of carbonyl (C=O) groups excluding carboxylic acids is 1. The Kier molecular flexibility index (Phi) is 4.02. The number of benzene rings is 1. The van der Waals surface area contributed by atoms with Crippen molar-refractivity contribution in [3.05, 3.63) is 35.4 Å². The Hall–Kier alpha value is -1.35. The number of hydrogen-bond donors (Lipinski definition) is 1. The van der Waals surface area contributed by atoms with Crippen LogP contribution in [0.1, 0.15) is 37.8 Å². The van der Waals surface area contributed by atoms with Crippen LogP contribution in [0.15, 0.2) is 24.3 Å². The van der Waals surface area contributed by atoms with Crippen molar-refractivity contribution >= 4 is 5.97 Å². The average Bonchev–Trinajstić information content (AvgIpc) is 2.38. The number of carbonyl (C=O) groups is 1. The normalized spacial score (nSPS) is 22.3. The number of rotatable bonds is 4. The largest absolute Gasteiger partial charge is 0.466 e. The molecule has 1 aliphatic rings. The van der Waals surface area contributed by atoms with Crippen LogP contribution in [0.2, 0.25) is 0 Å². The summed E-state index contributed by atoms with van der Waals surface area (Å²) in [6.07, 6.45) is 2.31. The van der Waals surface area contributed by atoms with Crippen molar-refractivity contribution in [2.45, 2.75) is 38.6 Å². The van der Waals surface area contributed by atoms with Gasteiger partial charge in [0.25, 0.3) is 0 Å². The minimum Gasteiger partial charge on any atom is -0.466 e. The molecule has 0 aliphatic carbocycles. The molecule has 3 nitrogen and oxygen atoms in total. The summed E-state index contributed by atoms with van der Waals surface area (Å²) in [4.78, 5) is 11.5. The molecule has 0 aromatic heterocycles. The molecule has 3 heteroatoms. The van der Waals surface area contributed by atoms with E-state index in [2.05, 4.69) is 36.5 Å². The molecule has 2 rings (SSSR count). The van der Waals surface area contributed by atoms with E-state index in [1.54, 1.807) is 0 Å². The van der Waals surface area contributed by atoms with E-state index in [0.29, 0.717) is 13.0 Å². The predicted octanol–water partition coefficient (Wildman–Crippen LogP) is 2.39. The molecule has 0 fully saturated rings.